The predicted molar refractivity (Wildman–Crippen MR) is 68.8 cm³/mol. The smallest absolute Gasteiger partial charge is 0.285 e. The van der Waals surface area contributed by atoms with E-state index in [2.05, 4.69) is 26.2 Å². The van der Waals surface area contributed by atoms with Crippen LogP contribution in [-0.4, -0.2) is 10.2 Å². The predicted octanol–water partition coefficient (Wildman–Crippen LogP) is 4.91. The molecule has 0 saturated carbocycles. The van der Waals surface area contributed by atoms with Crippen molar-refractivity contribution in [3.63, 3.8) is 0 Å². The van der Waals surface area contributed by atoms with Gasteiger partial charge in [0, 0.05) is 4.47 Å². The summed E-state index contributed by atoms with van der Waals surface area (Å²) in [6, 6.07) is 5.01. The lowest BCUT2D eigenvalue weighted by Gasteiger charge is -2.07. The monoisotopic (exact) mass is 342 g/mol. The van der Waals surface area contributed by atoms with Crippen molar-refractivity contribution in [1.82, 2.24) is 0 Å². The second kappa shape index (κ2) is 5.45. The minimum Gasteiger partial charge on any atom is -0.294 e. The molecule has 0 fully saturated rings. The van der Waals surface area contributed by atoms with Crippen LogP contribution < -0.4 is 0 Å². The van der Waals surface area contributed by atoms with E-state index in [4.69, 9.17) is 34.8 Å². The third-order valence-electron chi connectivity index (χ3n) is 1.62. The van der Waals surface area contributed by atoms with Gasteiger partial charge >= 0.3 is 0 Å². The molecule has 0 unspecified atom stereocenters. The summed E-state index contributed by atoms with van der Waals surface area (Å²) in [7, 11) is 0. The number of carbonyl (C=O) groups excluding carboxylic acids is 1. The third-order valence-corrected chi connectivity index (χ3v) is 3.10. The Labute approximate surface area is 116 Å². The molecule has 1 aromatic carbocycles. The van der Waals surface area contributed by atoms with E-state index < -0.39 is 10.2 Å². The number of halogens is 4. The molecule has 86 valence electrons. The quantitative estimate of drug-likeness (QED) is 0.436. The zero-order valence-corrected chi connectivity index (χ0v) is 11.9. The van der Waals surface area contributed by atoms with Gasteiger partial charge in [-0.3, -0.25) is 4.79 Å². The molecule has 0 radical (unpaired) electrons. The van der Waals surface area contributed by atoms with Crippen LogP contribution in [0.3, 0.4) is 0 Å². The summed E-state index contributed by atoms with van der Waals surface area (Å²) in [6.45, 7) is 1.22. The Bertz CT molecular complexity index is 448. The lowest BCUT2D eigenvalue weighted by molar-refractivity contribution is -0.117. The first-order valence-electron chi connectivity index (χ1n) is 4.10. The van der Waals surface area contributed by atoms with Gasteiger partial charge in [-0.1, -0.05) is 50.7 Å². The van der Waals surface area contributed by atoms with Crippen molar-refractivity contribution in [3.8, 4) is 0 Å². The number of ketones is 1. The SMILES string of the molecule is CC(=O)C(Cl)(Cl)N=Nc1ccc(Br)cc1Cl. The van der Waals surface area contributed by atoms with E-state index in [0.717, 1.165) is 4.47 Å². The molecule has 0 aliphatic carbocycles. The first kappa shape index (κ1) is 13.9. The normalized spacial score (nSPS) is 12.1. The van der Waals surface area contributed by atoms with Crippen molar-refractivity contribution >= 4 is 62.2 Å². The van der Waals surface area contributed by atoms with Gasteiger partial charge in [0.1, 0.15) is 5.69 Å². The molecule has 0 aliphatic heterocycles. The van der Waals surface area contributed by atoms with Crippen molar-refractivity contribution in [1.29, 1.82) is 0 Å². The zero-order chi connectivity index (χ0) is 12.3. The molecule has 1 aromatic rings. The fraction of sp³-hybridized carbons (Fsp3) is 0.222. The largest absolute Gasteiger partial charge is 0.294 e. The van der Waals surface area contributed by atoms with Gasteiger partial charge in [-0.05, 0) is 25.1 Å². The van der Waals surface area contributed by atoms with Crippen molar-refractivity contribution in [2.75, 3.05) is 0 Å². The van der Waals surface area contributed by atoms with Crippen LogP contribution in [0.5, 0.6) is 0 Å². The first-order chi connectivity index (χ1) is 7.33. The standard InChI is InChI=1S/C9H6BrCl3N2O/c1-5(16)9(12,13)15-14-8-3-2-6(10)4-7(8)11/h2-4H,1H3. The number of alkyl halides is 2. The molecule has 0 amide bonds. The summed E-state index contributed by atoms with van der Waals surface area (Å²) >= 11 is 20.3. The van der Waals surface area contributed by atoms with Gasteiger partial charge in [0.15, 0.2) is 5.78 Å². The molecule has 0 aliphatic rings. The van der Waals surface area contributed by atoms with Gasteiger partial charge in [-0.2, -0.15) is 5.11 Å². The van der Waals surface area contributed by atoms with Gasteiger partial charge in [0.2, 0.25) is 0 Å². The third kappa shape index (κ3) is 3.70. The molecule has 3 nitrogen and oxygen atoms in total. The summed E-state index contributed by atoms with van der Waals surface area (Å²) in [5.41, 5.74) is 0.386. The Balaban J connectivity index is 2.97. The maximum atomic E-state index is 11.0. The van der Waals surface area contributed by atoms with Crippen molar-refractivity contribution in [2.45, 2.75) is 11.4 Å². The summed E-state index contributed by atoms with van der Waals surface area (Å²) in [4.78, 5) is 11.0. The van der Waals surface area contributed by atoms with Crippen molar-refractivity contribution in [3.05, 3.63) is 27.7 Å². The molecular formula is C9H6BrCl3N2O. The van der Waals surface area contributed by atoms with E-state index in [9.17, 15) is 4.79 Å². The van der Waals surface area contributed by atoms with Gasteiger partial charge in [-0.25, -0.2) is 0 Å². The number of Topliss-reactive ketones (excluding diaryl/α,β-unsaturated/α-hetero) is 1. The van der Waals surface area contributed by atoms with Crippen molar-refractivity contribution in [2.24, 2.45) is 10.2 Å². The highest BCUT2D eigenvalue weighted by molar-refractivity contribution is 9.10. The van der Waals surface area contributed by atoms with Gasteiger partial charge in [-0.15, -0.1) is 5.11 Å². The molecular weight excluding hydrogens is 338 g/mol. The summed E-state index contributed by atoms with van der Waals surface area (Å²) in [5.74, 6) is -0.507. The van der Waals surface area contributed by atoms with Gasteiger partial charge in [0.25, 0.3) is 4.46 Å². The van der Waals surface area contributed by atoms with E-state index in [-0.39, 0.29) is 0 Å². The summed E-state index contributed by atoms with van der Waals surface area (Å²) < 4.78 is -1.05. The fourth-order valence-corrected chi connectivity index (χ4v) is 1.54. The van der Waals surface area contributed by atoms with Crippen LogP contribution in [0.2, 0.25) is 5.02 Å². The van der Waals surface area contributed by atoms with Gasteiger partial charge in [0.05, 0.1) is 5.02 Å². The number of hydrogen-bond donors (Lipinski definition) is 0. The Kier molecular flexibility index (Phi) is 4.73. The average molecular weight is 344 g/mol. The molecule has 0 spiro atoms. The second-order valence-electron chi connectivity index (χ2n) is 2.89. The maximum Gasteiger partial charge on any atom is 0.285 e. The summed E-state index contributed by atoms with van der Waals surface area (Å²) in [5, 5.41) is 7.63. The van der Waals surface area contributed by atoms with Crippen LogP contribution in [0.4, 0.5) is 5.69 Å². The molecule has 16 heavy (non-hydrogen) atoms. The highest BCUT2D eigenvalue weighted by atomic mass is 79.9. The Morgan fingerprint density at radius 1 is 1.44 bits per heavy atom. The number of rotatable bonds is 3. The molecule has 0 aromatic heterocycles. The van der Waals surface area contributed by atoms with Crippen LogP contribution in [0.15, 0.2) is 32.9 Å². The Morgan fingerprint density at radius 2 is 2.06 bits per heavy atom. The lowest BCUT2D eigenvalue weighted by atomic mass is 10.3. The van der Waals surface area contributed by atoms with E-state index in [1.807, 2.05) is 0 Å². The van der Waals surface area contributed by atoms with Crippen LogP contribution in [0.25, 0.3) is 0 Å². The maximum absolute atomic E-state index is 11.0. The number of benzene rings is 1. The molecule has 1 rings (SSSR count). The molecule has 0 saturated heterocycles. The van der Waals surface area contributed by atoms with Crippen LogP contribution in [-0.2, 0) is 4.79 Å². The Morgan fingerprint density at radius 3 is 2.56 bits per heavy atom. The van der Waals surface area contributed by atoms with Crippen LogP contribution in [0.1, 0.15) is 6.92 Å². The van der Waals surface area contributed by atoms with E-state index >= 15 is 0 Å². The number of carbonyl (C=O) groups is 1. The number of nitrogens with zero attached hydrogens (tertiary/aromatic N) is 2. The highest BCUT2D eigenvalue weighted by Crippen LogP contribution is 2.31. The molecule has 0 heterocycles. The van der Waals surface area contributed by atoms with Crippen molar-refractivity contribution < 1.29 is 4.79 Å². The minimum absolute atomic E-state index is 0.380. The Hall–Kier alpha value is -0.160. The molecule has 0 bridgehead atoms. The first-order valence-corrected chi connectivity index (χ1v) is 6.02. The summed E-state index contributed by atoms with van der Waals surface area (Å²) in [6.07, 6.45) is 0. The topological polar surface area (TPSA) is 41.8 Å². The van der Waals surface area contributed by atoms with E-state index in [0.29, 0.717) is 10.7 Å². The van der Waals surface area contributed by atoms with Gasteiger partial charge < -0.3 is 0 Å². The van der Waals surface area contributed by atoms with Crippen LogP contribution in [0, 0.1) is 0 Å². The molecule has 0 atom stereocenters. The number of azo groups is 1. The van der Waals surface area contributed by atoms with E-state index in [1.54, 1.807) is 18.2 Å². The second-order valence-corrected chi connectivity index (χ2v) is 5.50. The highest BCUT2D eigenvalue weighted by Gasteiger charge is 2.29. The average Bonchev–Trinajstić information content (AvgIpc) is 2.16. The zero-order valence-electron chi connectivity index (χ0n) is 8.05. The lowest BCUT2D eigenvalue weighted by Crippen LogP contribution is -2.19. The molecule has 7 heteroatoms. The fourth-order valence-electron chi connectivity index (χ4n) is 0.749. The van der Waals surface area contributed by atoms with Crippen LogP contribution >= 0.6 is 50.7 Å². The minimum atomic E-state index is -1.86. The molecule has 0 N–H and O–H groups in total. The number of hydrogen-bond acceptors (Lipinski definition) is 3. The van der Waals surface area contributed by atoms with E-state index in [1.165, 1.54) is 6.92 Å².